The zero-order valence-corrected chi connectivity index (χ0v) is 11.4. The van der Waals surface area contributed by atoms with Gasteiger partial charge in [0.1, 0.15) is 11.2 Å². The number of halogens is 1. The van der Waals surface area contributed by atoms with Crippen molar-refractivity contribution in [2.75, 3.05) is 26.3 Å². The molecule has 0 atom stereocenters. The molecule has 1 N–H and O–H groups in total. The summed E-state index contributed by atoms with van der Waals surface area (Å²) in [5, 5.41) is 12.4. The van der Waals surface area contributed by atoms with E-state index in [1.807, 2.05) is 6.07 Å². The van der Waals surface area contributed by atoms with Crippen LogP contribution >= 0.6 is 0 Å². The van der Waals surface area contributed by atoms with Crippen LogP contribution in [0.3, 0.4) is 0 Å². The lowest BCUT2D eigenvalue weighted by Crippen LogP contribution is -2.50. The van der Waals surface area contributed by atoms with Crippen LogP contribution in [0.1, 0.15) is 19.4 Å². The minimum absolute atomic E-state index is 0.177. The summed E-state index contributed by atoms with van der Waals surface area (Å²) >= 11 is 0. The molecule has 2 rings (SSSR count). The molecule has 1 saturated heterocycles. The van der Waals surface area contributed by atoms with E-state index in [1.54, 1.807) is 12.1 Å². The Balaban J connectivity index is 1.93. The SMILES string of the molecule is CC(C)(CNCC1(C#N)COC1)c1cccc(F)c1. The van der Waals surface area contributed by atoms with Crippen LogP contribution < -0.4 is 5.32 Å². The molecule has 1 aromatic carbocycles. The first kappa shape index (κ1) is 14.0. The molecule has 0 bridgehead atoms. The second-order valence-corrected chi connectivity index (χ2v) is 5.88. The fourth-order valence-corrected chi connectivity index (χ4v) is 2.18. The van der Waals surface area contributed by atoms with E-state index in [1.165, 1.54) is 6.07 Å². The highest BCUT2D eigenvalue weighted by atomic mass is 19.1. The van der Waals surface area contributed by atoms with Crippen molar-refractivity contribution in [1.29, 1.82) is 5.26 Å². The number of nitriles is 1. The molecule has 1 heterocycles. The van der Waals surface area contributed by atoms with Crippen LogP contribution in [0.2, 0.25) is 0 Å². The Labute approximate surface area is 113 Å². The van der Waals surface area contributed by atoms with Gasteiger partial charge < -0.3 is 10.1 Å². The average Bonchev–Trinajstić information content (AvgIpc) is 2.32. The number of hydrogen-bond acceptors (Lipinski definition) is 3. The van der Waals surface area contributed by atoms with E-state index in [4.69, 9.17) is 10.00 Å². The highest BCUT2D eigenvalue weighted by molar-refractivity contribution is 5.25. The third kappa shape index (κ3) is 3.12. The fraction of sp³-hybridized carbons (Fsp3) is 0.533. The Morgan fingerprint density at radius 1 is 1.47 bits per heavy atom. The molecule has 1 aromatic rings. The molecular formula is C15H19FN2O. The molecule has 0 unspecified atom stereocenters. The Morgan fingerprint density at radius 2 is 2.21 bits per heavy atom. The molecule has 0 aliphatic carbocycles. The van der Waals surface area contributed by atoms with Gasteiger partial charge in [-0.2, -0.15) is 5.26 Å². The first-order valence-electron chi connectivity index (χ1n) is 6.43. The van der Waals surface area contributed by atoms with Crippen molar-refractivity contribution in [2.45, 2.75) is 19.3 Å². The van der Waals surface area contributed by atoms with Gasteiger partial charge in [-0.25, -0.2) is 4.39 Å². The lowest BCUT2D eigenvalue weighted by molar-refractivity contribution is -0.0756. The number of nitrogens with zero attached hydrogens (tertiary/aromatic N) is 1. The van der Waals surface area contributed by atoms with Crippen molar-refractivity contribution in [3.8, 4) is 6.07 Å². The number of hydrogen-bond donors (Lipinski definition) is 1. The summed E-state index contributed by atoms with van der Waals surface area (Å²) in [4.78, 5) is 0. The lowest BCUT2D eigenvalue weighted by Gasteiger charge is -2.36. The maximum atomic E-state index is 13.2. The molecule has 19 heavy (non-hydrogen) atoms. The smallest absolute Gasteiger partial charge is 0.123 e. The van der Waals surface area contributed by atoms with Gasteiger partial charge in [0, 0.05) is 18.5 Å². The number of nitrogens with one attached hydrogen (secondary N) is 1. The fourth-order valence-electron chi connectivity index (χ4n) is 2.18. The van der Waals surface area contributed by atoms with Crippen molar-refractivity contribution in [3.63, 3.8) is 0 Å². The number of ether oxygens (including phenoxy) is 1. The molecule has 0 amide bonds. The van der Waals surface area contributed by atoms with Crippen molar-refractivity contribution < 1.29 is 9.13 Å². The second kappa shape index (κ2) is 5.28. The molecule has 1 aliphatic heterocycles. The monoisotopic (exact) mass is 262 g/mol. The quantitative estimate of drug-likeness (QED) is 0.885. The molecule has 1 aliphatic rings. The van der Waals surface area contributed by atoms with Gasteiger partial charge in [0.2, 0.25) is 0 Å². The third-order valence-electron chi connectivity index (χ3n) is 3.63. The van der Waals surface area contributed by atoms with Crippen LogP contribution in [0.25, 0.3) is 0 Å². The Morgan fingerprint density at radius 3 is 2.74 bits per heavy atom. The van der Waals surface area contributed by atoms with Gasteiger partial charge in [0.05, 0.1) is 19.3 Å². The van der Waals surface area contributed by atoms with Gasteiger partial charge in [-0.05, 0) is 17.7 Å². The predicted octanol–water partition coefficient (Wildman–Crippen LogP) is 2.23. The second-order valence-electron chi connectivity index (χ2n) is 5.88. The van der Waals surface area contributed by atoms with Crippen LogP contribution in [0.15, 0.2) is 24.3 Å². The topological polar surface area (TPSA) is 45.0 Å². The van der Waals surface area contributed by atoms with Crippen LogP contribution in [-0.4, -0.2) is 26.3 Å². The van der Waals surface area contributed by atoms with Crippen LogP contribution in [-0.2, 0) is 10.2 Å². The van der Waals surface area contributed by atoms with Gasteiger partial charge in [-0.1, -0.05) is 26.0 Å². The molecule has 102 valence electrons. The van der Waals surface area contributed by atoms with Crippen LogP contribution in [0, 0.1) is 22.6 Å². The number of rotatable bonds is 5. The van der Waals surface area contributed by atoms with Crippen molar-refractivity contribution in [3.05, 3.63) is 35.6 Å². The molecular weight excluding hydrogens is 243 g/mol. The number of benzene rings is 1. The summed E-state index contributed by atoms with van der Waals surface area (Å²) in [7, 11) is 0. The molecule has 1 fully saturated rings. The van der Waals surface area contributed by atoms with E-state index >= 15 is 0 Å². The van der Waals surface area contributed by atoms with E-state index in [2.05, 4.69) is 25.2 Å². The first-order chi connectivity index (χ1) is 8.97. The molecule has 0 spiro atoms. The largest absolute Gasteiger partial charge is 0.378 e. The minimum Gasteiger partial charge on any atom is -0.378 e. The van der Waals surface area contributed by atoms with Gasteiger partial charge >= 0.3 is 0 Å². The Bertz CT molecular complexity index is 489. The highest BCUT2D eigenvalue weighted by Crippen LogP contribution is 2.27. The van der Waals surface area contributed by atoms with Gasteiger partial charge in [-0.15, -0.1) is 0 Å². The van der Waals surface area contributed by atoms with E-state index < -0.39 is 0 Å². The minimum atomic E-state index is -0.377. The normalized spacial score (nSPS) is 17.6. The summed E-state index contributed by atoms with van der Waals surface area (Å²) in [5.74, 6) is -0.216. The van der Waals surface area contributed by atoms with E-state index in [-0.39, 0.29) is 16.6 Å². The Kier molecular flexibility index (Phi) is 3.88. The van der Waals surface area contributed by atoms with E-state index in [9.17, 15) is 4.39 Å². The van der Waals surface area contributed by atoms with Crippen molar-refractivity contribution in [2.24, 2.45) is 5.41 Å². The predicted molar refractivity (Wildman–Crippen MR) is 71.2 cm³/mol. The maximum Gasteiger partial charge on any atom is 0.123 e. The molecule has 4 heteroatoms. The highest BCUT2D eigenvalue weighted by Gasteiger charge is 2.38. The summed E-state index contributed by atoms with van der Waals surface area (Å²) in [6.07, 6.45) is 0. The lowest BCUT2D eigenvalue weighted by atomic mass is 9.83. The van der Waals surface area contributed by atoms with Crippen LogP contribution in [0.4, 0.5) is 4.39 Å². The van der Waals surface area contributed by atoms with Gasteiger partial charge in [0.25, 0.3) is 0 Å². The van der Waals surface area contributed by atoms with Gasteiger partial charge in [-0.3, -0.25) is 0 Å². The zero-order valence-electron chi connectivity index (χ0n) is 11.4. The maximum absolute atomic E-state index is 13.2. The van der Waals surface area contributed by atoms with E-state index in [0.717, 1.165) is 5.56 Å². The first-order valence-corrected chi connectivity index (χ1v) is 6.43. The molecule has 0 saturated carbocycles. The van der Waals surface area contributed by atoms with Crippen molar-refractivity contribution >= 4 is 0 Å². The van der Waals surface area contributed by atoms with Crippen LogP contribution in [0.5, 0.6) is 0 Å². The molecule has 3 nitrogen and oxygen atoms in total. The summed E-state index contributed by atoms with van der Waals surface area (Å²) in [5.41, 5.74) is 0.400. The molecule has 0 radical (unpaired) electrons. The van der Waals surface area contributed by atoms with Gasteiger partial charge in [0.15, 0.2) is 0 Å². The molecule has 0 aromatic heterocycles. The Hall–Kier alpha value is -1.44. The van der Waals surface area contributed by atoms with Crippen molar-refractivity contribution in [1.82, 2.24) is 5.32 Å². The van der Waals surface area contributed by atoms with E-state index in [0.29, 0.717) is 26.3 Å². The summed E-state index contributed by atoms with van der Waals surface area (Å²) in [6, 6.07) is 8.97. The average molecular weight is 262 g/mol. The standard InChI is InChI=1S/C15H19FN2O/c1-14(2,12-4-3-5-13(16)6-12)8-18-9-15(7-17)10-19-11-15/h3-6,18H,8-11H2,1-2H3. The third-order valence-corrected chi connectivity index (χ3v) is 3.63. The summed E-state index contributed by atoms with van der Waals surface area (Å²) in [6.45, 7) is 6.42. The zero-order chi connectivity index (χ0) is 13.9. The summed E-state index contributed by atoms with van der Waals surface area (Å²) < 4.78 is 18.3.